The van der Waals surface area contributed by atoms with Crippen LogP contribution in [0.2, 0.25) is 10.0 Å². The maximum atomic E-state index is 12.6. The van der Waals surface area contributed by atoms with Gasteiger partial charge in [0, 0.05) is 15.6 Å². The lowest BCUT2D eigenvalue weighted by atomic mass is 10.2. The van der Waals surface area contributed by atoms with E-state index in [9.17, 15) is 4.79 Å². The van der Waals surface area contributed by atoms with E-state index in [1.54, 1.807) is 18.2 Å². The molecule has 29 heavy (non-hydrogen) atoms. The van der Waals surface area contributed by atoms with Crippen molar-refractivity contribution < 1.29 is 4.79 Å². The summed E-state index contributed by atoms with van der Waals surface area (Å²) in [5.41, 5.74) is 3.40. The minimum absolute atomic E-state index is 0.138. The Bertz CT molecular complexity index is 1170. The number of carbonyl (C=O) groups is 1. The van der Waals surface area contributed by atoms with Crippen LogP contribution in [0, 0.1) is 0 Å². The molecular formula is C23H19Cl2N3O. The van der Waals surface area contributed by atoms with Gasteiger partial charge in [-0.05, 0) is 48.9 Å². The molecule has 0 bridgehead atoms. The first-order valence-electron chi connectivity index (χ1n) is 9.28. The Labute approximate surface area is 179 Å². The summed E-state index contributed by atoms with van der Waals surface area (Å²) in [6, 6.07) is 22.2. The Hall–Kier alpha value is -2.82. The Kier molecular flexibility index (Phi) is 5.56. The number of hydrogen-bond donors (Lipinski definition) is 1. The van der Waals surface area contributed by atoms with E-state index in [1.165, 1.54) is 0 Å². The van der Waals surface area contributed by atoms with Crippen LogP contribution >= 0.6 is 23.2 Å². The Morgan fingerprint density at radius 2 is 1.76 bits per heavy atom. The number of carbonyl (C=O) groups excluding carboxylic acids is 1. The molecule has 6 heteroatoms. The third-order valence-corrected chi connectivity index (χ3v) is 5.39. The average Bonchev–Trinajstić information content (AvgIpc) is 3.09. The molecule has 0 aliphatic heterocycles. The van der Waals surface area contributed by atoms with Gasteiger partial charge in [0.15, 0.2) is 0 Å². The van der Waals surface area contributed by atoms with Gasteiger partial charge in [-0.25, -0.2) is 4.98 Å². The highest BCUT2D eigenvalue weighted by Gasteiger charge is 2.19. The van der Waals surface area contributed by atoms with Crippen LogP contribution in [-0.4, -0.2) is 15.5 Å². The van der Waals surface area contributed by atoms with Gasteiger partial charge in [-0.2, -0.15) is 0 Å². The van der Waals surface area contributed by atoms with E-state index < -0.39 is 0 Å². The molecule has 1 aromatic heterocycles. The van der Waals surface area contributed by atoms with Gasteiger partial charge in [0.05, 0.1) is 23.6 Å². The van der Waals surface area contributed by atoms with Gasteiger partial charge in [-0.15, -0.1) is 0 Å². The molecular weight excluding hydrogens is 405 g/mol. The number of aromatic nitrogens is 2. The molecule has 1 atom stereocenters. The van der Waals surface area contributed by atoms with Crippen molar-refractivity contribution in [1.29, 1.82) is 0 Å². The number of fused-ring (bicyclic) bond motifs is 1. The lowest BCUT2D eigenvalue weighted by Crippen LogP contribution is -2.28. The van der Waals surface area contributed by atoms with Crippen LogP contribution in [0.15, 0.2) is 72.8 Å². The van der Waals surface area contributed by atoms with Crippen molar-refractivity contribution in [3.8, 4) is 0 Å². The average molecular weight is 424 g/mol. The van der Waals surface area contributed by atoms with Gasteiger partial charge >= 0.3 is 0 Å². The summed E-state index contributed by atoms with van der Waals surface area (Å²) >= 11 is 12.4. The number of halogens is 2. The minimum atomic E-state index is -0.291. The maximum Gasteiger partial charge on any atom is 0.251 e. The zero-order valence-corrected chi connectivity index (χ0v) is 17.3. The molecule has 1 heterocycles. The van der Waals surface area contributed by atoms with Gasteiger partial charge in [0.2, 0.25) is 0 Å². The molecule has 0 fully saturated rings. The lowest BCUT2D eigenvalue weighted by molar-refractivity contribution is 0.0938. The van der Waals surface area contributed by atoms with Gasteiger partial charge in [0.1, 0.15) is 5.82 Å². The van der Waals surface area contributed by atoms with E-state index in [-0.39, 0.29) is 11.9 Å². The topological polar surface area (TPSA) is 46.9 Å². The monoisotopic (exact) mass is 423 g/mol. The predicted octanol–water partition coefficient (Wildman–Crippen LogP) is 5.88. The Morgan fingerprint density at radius 3 is 2.52 bits per heavy atom. The fourth-order valence-corrected chi connectivity index (χ4v) is 3.81. The Morgan fingerprint density at radius 1 is 1.03 bits per heavy atom. The van der Waals surface area contributed by atoms with Crippen molar-refractivity contribution >= 4 is 40.1 Å². The third kappa shape index (κ3) is 4.14. The summed E-state index contributed by atoms with van der Waals surface area (Å²) in [6.45, 7) is 2.46. The molecule has 4 rings (SSSR count). The van der Waals surface area contributed by atoms with Crippen LogP contribution in [0.3, 0.4) is 0 Å². The number of benzene rings is 3. The van der Waals surface area contributed by atoms with Crippen molar-refractivity contribution in [3.63, 3.8) is 0 Å². The number of para-hydroxylation sites is 2. The summed E-state index contributed by atoms with van der Waals surface area (Å²) in [6.07, 6.45) is 0. The first-order chi connectivity index (χ1) is 14.0. The number of imidazole rings is 1. The molecule has 0 saturated carbocycles. The van der Waals surface area contributed by atoms with Crippen molar-refractivity contribution in [3.05, 3.63) is 99.8 Å². The lowest BCUT2D eigenvalue weighted by Gasteiger charge is -2.17. The molecule has 0 spiro atoms. The molecule has 146 valence electrons. The molecule has 1 amide bonds. The highest BCUT2D eigenvalue weighted by atomic mass is 35.5. The molecule has 1 unspecified atom stereocenters. The second kappa shape index (κ2) is 8.27. The predicted molar refractivity (Wildman–Crippen MR) is 118 cm³/mol. The fourth-order valence-electron chi connectivity index (χ4n) is 3.35. The van der Waals surface area contributed by atoms with Crippen molar-refractivity contribution in [2.45, 2.75) is 19.5 Å². The highest BCUT2D eigenvalue weighted by molar-refractivity contribution is 6.35. The smallest absolute Gasteiger partial charge is 0.251 e. The van der Waals surface area contributed by atoms with Gasteiger partial charge in [0.25, 0.3) is 5.91 Å². The SMILES string of the molecule is CC(NC(=O)c1ccccc1)c1nc2ccccc2n1Cc1ccc(Cl)cc1Cl. The standard InChI is InChI=1S/C23H19Cl2N3O/c1-15(26-23(29)16-7-3-2-4-8-16)22-27-20-9-5-6-10-21(20)28(22)14-17-11-12-18(24)13-19(17)25/h2-13,15H,14H2,1H3,(H,26,29). The molecule has 0 aliphatic rings. The van der Waals surface area contributed by atoms with Crippen molar-refractivity contribution in [2.24, 2.45) is 0 Å². The number of rotatable bonds is 5. The quantitative estimate of drug-likeness (QED) is 0.435. The summed E-state index contributed by atoms with van der Waals surface area (Å²) in [5.74, 6) is 0.628. The highest BCUT2D eigenvalue weighted by Crippen LogP contribution is 2.26. The number of nitrogens with zero attached hydrogens (tertiary/aromatic N) is 2. The van der Waals surface area contributed by atoms with Crippen LogP contribution in [0.4, 0.5) is 0 Å². The van der Waals surface area contributed by atoms with Gasteiger partial charge in [-0.3, -0.25) is 4.79 Å². The summed E-state index contributed by atoms with van der Waals surface area (Å²) in [5, 5.41) is 4.24. The van der Waals surface area contributed by atoms with Crippen molar-refractivity contribution in [1.82, 2.24) is 14.9 Å². The first kappa shape index (κ1) is 19.5. The second-order valence-electron chi connectivity index (χ2n) is 6.84. The fraction of sp³-hybridized carbons (Fsp3) is 0.130. The van der Waals surface area contributed by atoms with Crippen molar-refractivity contribution in [2.75, 3.05) is 0 Å². The van der Waals surface area contributed by atoms with Crippen LogP contribution in [-0.2, 0) is 6.54 Å². The minimum Gasteiger partial charge on any atom is -0.342 e. The molecule has 4 aromatic rings. The zero-order chi connectivity index (χ0) is 20.4. The molecule has 0 aliphatic carbocycles. The number of hydrogen-bond acceptors (Lipinski definition) is 2. The molecule has 0 saturated heterocycles. The summed E-state index contributed by atoms with van der Waals surface area (Å²) < 4.78 is 2.08. The maximum absolute atomic E-state index is 12.6. The molecule has 4 nitrogen and oxygen atoms in total. The van der Waals surface area contributed by atoms with E-state index in [0.717, 1.165) is 22.4 Å². The van der Waals surface area contributed by atoms with Crippen LogP contribution in [0.1, 0.15) is 34.7 Å². The summed E-state index contributed by atoms with van der Waals surface area (Å²) in [7, 11) is 0. The molecule has 1 N–H and O–H groups in total. The molecule has 3 aromatic carbocycles. The van der Waals surface area contributed by atoms with E-state index in [4.69, 9.17) is 28.2 Å². The number of nitrogens with one attached hydrogen (secondary N) is 1. The summed E-state index contributed by atoms with van der Waals surface area (Å²) in [4.78, 5) is 17.4. The zero-order valence-electron chi connectivity index (χ0n) is 15.8. The normalized spacial score (nSPS) is 12.1. The third-order valence-electron chi connectivity index (χ3n) is 4.80. The molecule has 0 radical (unpaired) electrons. The second-order valence-corrected chi connectivity index (χ2v) is 7.69. The van der Waals surface area contributed by atoms with Gasteiger partial charge < -0.3 is 9.88 Å². The van der Waals surface area contributed by atoms with Crippen LogP contribution in [0.25, 0.3) is 11.0 Å². The van der Waals surface area contributed by atoms with E-state index in [0.29, 0.717) is 22.2 Å². The van der Waals surface area contributed by atoms with Gasteiger partial charge in [-0.1, -0.05) is 59.6 Å². The largest absolute Gasteiger partial charge is 0.342 e. The first-order valence-corrected chi connectivity index (χ1v) is 10.0. The van der Waals surface area contributed by atoms with E-state index >= 15 is 0 Å². The van der Waals surface area contributed by atoms with Crippen LogP contribution < -0.4 is 5.32 Å². The number of amides is 1. The van der Waals surface area contributed by atoms with Crippen LogP contribution in [0.5, 0.6) is 0 Å². The van der Waals surface area contributed by atoms with E-state index in [2.05, 4.69) is 9.88 Å². The van der Waals surface area contributed by atoms with E-state index in [1.807, 2.05) is 61.5 Å². The Balaban J connectivity index is 1.70.